The summed E-state index contributed by atoms with van der Waals surface area (Å²) in [6, 6.07) is 0. The molecule has 0 aliphatic carbocycles. The van der Waals surface area contributed by atoms with Crippen molar-refractivity contribution in [3.8, 4) is 0 Å². The van der Waals surface area contributed by atoms with Crippen LogP contribution in [0.4, 0.5) is 0 Å². The van der Waals surface area contributed by atoms with E-state index in [1.807, 2.05) is 0 Å². The van der Waals surface area contributed by atoms with Crippen LogP contribution in [-0.4, -0.2) is 24.5 Å². The van der Waals surface area contributed by atoms with Crippen molar-refractivity contribution in [2.45, 2.75) is 19.3 Å². The molecule has 0 saturated heterocycles. The van der Waals surface area contributed by atoms with Crippen molar-refractivity contribution in [2.75, 3.05) is 13.1 Å². The van der Waals surface area contributed by atoms with Crippen molar-refractivity contribution in [1.29, 1.82) is 0 Å². The first-order chi connectivity index (χ1) is 4.45. The average molecular weight is 122 g/mol. The minimum Gasteiger partial charge on any atom is -0.293 e. The molecule has 0 aromatic rings. The first-order valence-electron chi connectivity index (χ1n) is 3.49. The van der Waals surface area contributed by atoms with Crippen LogP contribution in [0.3, 0.4) is 0 Å². The summed E-state index contributed by atoms with van der Waals surface area (Å²) in [5.41, 5.74) is 2.74. The Morgan fingerprint density at radius 3 is 1.67 bits per heavy atom. The van der Waals surface area contributed by atoms with Gasteiger partial charge in [-0.05, 0) is 0 Å². The molecule has 0 radical (unpaired) electrons. The van der Waals surface area contributed by atoms with Crippen LogP contribution < -0.4 is 0 Å². The van der Waals surface area contributed by atoms with Crippen LogP contribution in [0.2, 0.25) is 0 Å². The molecule has 2 heteroatoms. The minimum atomic E-state index is 1.06. The van der Waals surface area contributed by atoms with E-state index >= 15 is 0 Å². The lowest BCUT2D eigenvalue weighted by molar-refractivity contribution is 0.888. The Morgan fingerprint density at radius 1 is 1.00 bits per heavy atom. The van der Waals surface area contributed by atoms with E-state index in [0.717, 1.165) is 19.5 Å². The summed E-state index contributed by atoms with van der Waals surface area (Å²) in [4.78, 5) is 8.45. The molecule has 0 bridgehead atoms. The lowest BCUT2D eigenvalue weighted by atomic mass is 10.0. The van der Waals surface area contributed by atoms with Gasteiger partial charge in [0.2, 0.25) is 0 Å². The molecule has 0 saturated carbocycles. The molecule has 9 heavy (non-hydrogen) atoms. The fourth-order valence-corrected chi connectivity index (χ4v) is 1.06. The van der Waals surface area contributed by atoms with Gasteiger partial charge in [0, 0.05) is 43.8 Å². The third kappa shape index (κ3) is 0.889. The van der Waals surface area contributed by atoms with Crippen LogP contribution in [-0.2, 0) is 0 Å². The van der Waals surface area contributed by atoms with Gasteiger partial charge >= 0.3 is 0 Å². The number of aliphatic imine (C=N–C) groups is 2. The van der Waals surface area contributed by atoms with Crippen molar-refractivity contribution in [3.05, 3.63) is 0 Å². The van der Waals surface area contributed by atoms with Crippen LogP contribution in [0.1, 0.15) is 19.3 Å². The molecule has 0 N–H and O–H groups in total. The van der Waals surface area contributed by atoms with Crippen molar-refractivity contribution < 1.29 is 0 Å². The second-order valence-corrected chi connectivity index (χ2v) is 2.57. The molecule has 2 heterocycles. The smallest absolute Gasteiger partial charge is 0.0441 e. The molecule has 2 rings (SSSR count). The van der Waals surface area contributed by atoms with Gasteiger partial charge in [-0.3, -0.25) is 9.98 Å². The molecular weight excluding hydrogens is 112 g/mol. The first-order valence-corrected chi connectivity index (χ1v) is 3.49. The zero-order valence-corrected chi connectivity index (χ0v) is 5.43. The highest BCUT2D eigenvalue weighted by Crippen LogP contribution is 2.11. The summed E-state index contributed by atoms with van der Waals surface area (Å²) in [5, 5.41) is 0. The van der Waals surface area contributed by atoms with E-state index in [2.05, 4.69) is 9.98 Å². The van der Waals surface area contributed by atoms with Crippen LogP contribution >= 0.6 is 0 Å². The summed E-state index contributed by atoms with van der Waals surface area (Å²) < 4.78 is 0. The maximum absolute atomic E-state index is 4.23. The molecule has 0 fully saturated rings. The van der Waals surface area contributed by atoms with Crippen molar-refractivity contribution in [1.82, 2.24) is 0 Å². The highest BCUT2D eigenvalue weighted by molar-refractivity contribution is 6.07. The number of hydrogen-bond donors (Lipinski definition) is 0. The van der Waals surface area contributed by atoms with Crippen LogP contribution in [0.25, 0.3) is 0 Å². The Balaban J connectivity index is 1.89. The average Bonchev–Trinajstić information content (AvgIpc) is 1.57. The van der Waals surface area contributed by atoms with Gasteiger partial charge in [-0.1, -0.05) is 0 Å². The van der Waals surface area contributed by atoms with E-state index in [9.17, 15) is 0 Å². The van der Waals surface area contributed by atoms with E-state index in [1.165, 1.54) is 24.3 Å². The third-order valence-electron chi connectivity index (χ3n) is 1.88. The fraction of sp³-hybridized carbons (Fsp3) is 0.714. The monoisotopic (exact) mass is 122 g/mol. The molecule has 48 valence electrons. The highest BCUT2D eigenvalue weighted by Gasteiger charge is 2.14. The number of hydrogen-bond acceptors (Lipinski definition) is 2. The van der Waals surface area contributed by atoms with Gasteiger partial charge in [0.1, 0.15) is 0 Å². The lowest BCUT2D eigenvalue weighted by Gasteiger charge is -2.18. The summed E-state index contributed by atoms with van der Waals surface area (Å²) >= 11 is 0. The Labute approximate surface area is 54.7 Å². The van der Waals surface area contributed by atoms with Gasteiger partial charge in [-0.25, -0.2) is 0 Å². The third-order valence-corrected chi connectivity index (χ3v) is 1.88. The van der Waals surface area contributed by atoms with Crippen LogP contribution in [0.5, 0.6) is 0 Å². The zero-order valence-electron chi connectivity index (χ0n) is 5.43. The Morgan fingerprint density at radius 2 is 1.44 bits per heavy atom. The predicted molar refractivity (Wildman–Crippen MR) is 38.5 cm³/mol. The Kier molecular flexibility index (Phi) is 1.11. The Hall–Kier alpha value is -0.660. The normalized spacial score (nSPS) is 23.6. The van der Waals surface area contributed by atoms with Crippen molar-refractivity contribution in [3.63, 3.8) is 0 Å². The molecule has 2 aliphatic heterocycles. The van der Waals surface area contributed by atoms with Crippen LogP contribution in [0, 0.1) is 0 Å². The molecule has 0 amide bonds. The van der Waals surface area contributed by atoms with E-state index in [4.69, 9.17) is 0 Å². The van der Waals surface area contributed by atoms with Crippen molar-refractivity contribution >= 4 is 11.4 Å². The quantitative estimate of drug-likeness (QED) is 0.523. The summed E-state index contributed by atoms with van der Waals surface area (Å²) in [5.74, 6) is 0. The zero-order chi connectivity index (χ0) is 6.10. The minimum absolute atomic E-state index is 1.06. The first kappa shape index (κ1) is 5.15. The van der Waals surface area contributed by atoms with Gasteiger partial charge in [-0.15, -0.1) is 0 Å². The van der Waals surface area contributed by atoms with Gasteiger partial charge in [0.25, 0.3) is 0 Å². The number of rotatable bonds is 2. The standard InChI is InChI=1S/C7H10N2/c1-3-8-6(1)5-7-2-4-9-7/h1-5H2. The predicted octanol–water partition coefficient (Wildman–Crippen LogP) is 1.07. The molecular formula is C7H10N2. The van der Waals surface area contributed by atoms with Gasteiger partial charge in [-0.2, -0.15) is 0 Å². The van der Waals surface area contributed by atoms with Crippen molar-refractivity contribution in [2.24, 2.45) is 9.98 Å². The highest BCUT2D eigenvalue weighted by atomic mass is 14.8. The molecule has 0 spiro atoms. The summed E-state index contributed by atoms with van der Waals surface area (Å²) in [6.07, 6.45) is 3.53. The summed E-state index contributed by atoms with van der Waals surface area (Å²) in [7, 11) is 0. The Bertz CT molecular complexity index is 159. The molecule has 0 unspecified atom stereocenters. The topological polar surface area (TPSA) is 24.7 Å². The second kappa shape index (κ2) is 1.94. The SMILES string of the molecule is C1CC(CC2=NCC2)=N1. The second-order valence-electron chi connectivity index (χ2n) is 2.57. The summed E-state index contributed by atoms with van der Waals surface area (Å²) in [6.45, 7) is 2.12. The maximum atomic E-state index is 4.23. The molecule has 0 aromatic carbocycles. The van der Waals surface area contributed by atoms with E-state index in [-0.39, 0.29) is 0 Å². The largest absolute Gasteiger partial charge is 0.293 e. The van der Waals surface area contributed by atoms with Gasteiger partial charge in [0.15, 0.2) is 0 Å². The molecule has 2 aliphatic rings. The lowest BCUT2D eigenvalue weighted by Crippen LogP contribution is -2.21. The van der Waals surface area contributed by atoms with E-state index in [0.29, 0.717) is 0 Å². The van der Waals surface area contributed by atoms with Crippen LogP contribution in [0.15, 0.2) is 9.98 Å². The van der Waals surface area contributed by atoms with E-state index in [1.54, 1.807) is 0 Å². The molecule has 0 atom stereocenters. The number of nitrogens with zero attached hydrogens (tertiary/aromatic N) is 2. The molecule has 0 aromatic heterocycles. The maximum Gasteiger partial charge on any atom is 0.0441 e. The molecule has 2 nitrogen and oxygen atoms in total. The van der Waals surface area contributed by atoms with Gasteiger partial charge in [0.05, 0.1) is 0 Å². The van der Waals surface area contributed by atoms with E-state index < -0.39 is 0 Å². The van der Waals surface area contributed by atoms with Gasteiger partial charge < -0.3 is 0 Å². The fourth-order valence-electron chi connectivity index (χ4n) is 1.06.